The lowest BCUT2D eigenvalue weighted by atomic mass is 10.0. The third-order valence-corrected chi connectivity index (χ3v) is 7.73. The number of nitrogens with zero attached hydrogens (tertiary/aromatic N) is 5. The average molecular weight is 595 g/mol. The molecule has 0 radical (unpaired) electrons. The van der Waals surface area contributed by atoms with Crippen molar-refractivity contribution in [1.82, 2.24) is 30.4 Å². The third-order valence-electron chi connectivity index (χ3n) is 6.87. The van der Waals surface area contributed by atoms with Gasteiger partial charge in [0, 0.05) is 23.6 Å². The van der Waals surface area contributed by atoms with E-state index < -0.39 is 17.8 Å². The van der Waals surface area contributed by atoms with E-state index in [1.54, 1.807) is 25.3 Å². The van der Waals surface area contributed by atoms with Crippen LogP contribution in [0.25, 0.3) is 11.4 Å². The molecule has 1 aliphatic rings. The Balaban J connectivity index is 1.41. The summed E-state index contributed by atoms with van der Waals surface area (Å²) in [7, 11) is 3.07. The largest absolute Gasteiger partial charge is 0.493 e. The molecule has 13 heteroatoms. The first-order valence-corrected chi connectivity index (χ1v) is 14.3. The van der Waals surface area contributed by atoms with E-state index >= 15 is 0 Å². The van der Waals surface area contributed by atoms with Gasteiger partial charge in [0.1, 0.15) is 18.4 Å². The minimum atomic E-state index is -1.03. The van der Waals surface area contributed by atoms with Crippen molar-refractivity contribution in [3.05, 3.63) is 76.2 Å². The summed E-state index contributed by atoms with van der Waals surface area (Å²) in [6, 6.07) is 13.5. The Morgan fingerprint density at radius 3 is 2.67 bits per heavy atom. The molecular formula is C29H31FN6O5S. The third kappa shape index (κ3) is 6.92. The number of hydrogen-bond acceptors (Lipinski definition) is 9. The monoisotopic (exact) mass is 594 g/mol. The van der Waals surface area contributed by atoms with Crippen LogP contribution < -0.4 is 14.8 Å². The normalized spacial score (nSPS) is 15.3. The molecule has 3 heterocycles. The molecule has 42 heavy (non-hydrogen) atoms. The fraction of sp³-hybridized carbons (Fsp3) is 0.345. The van der Waals surface area contributed by atoms with Crippen molar-refractivity contribution in [3.63, 3.8) is 0 Å². The average Bonchev–Trinajstić information content (AvgIpc) is 3.80. The van der Waals surface area contributed by atoms with Crippen LogP contribution in [0.4, 0.5) is 4.39 Å². The summed E-state index contributed by atoms with van der Waals surface area (Å²) < 4.78 is 30.2. The van der Waals surface area contributed by atoms with E-state index in [0.717, 1.165) is 17.7 Å². The second-order valence-electron chi connectivity index (χ2n) is 9.65. The van der Waals surface area contributed by atoms with Crippen LogP contribution in [0.1, 0.15) is 29.3 Å². The Hall–Kier alpha value is -4.36. The van der Waals surface area contributed by atoms with Crippen LogP contribution in [0, 0.1) is 5.82 Å². The second kappa shape index (κ2) is 13.5. The topological polar surface area (TPSA) is 121 Å². The highest BCUT2D eigenvalue weighted by Gasteiger charge is 2.33. The molecule has 1 fully saturated rings. The molecule has 5 rings (SSSR count). The maximum absolute atomic E-state index is 13.9. The summed E-state index contributed by atoms with van der Waals surface area (Å²) in [4.78, 5) is 31.1. The lowest BCUT2D eigenvalue weighted by Gasteiger charge is -2.31. The molecule has 0 bridgehead atoms. The molecule has 0 spiro atoms. The van der Waals surface area contributed by atoms with Crippen molar-refractivity contribution in [1.29, 1.82) is 0 Å². The number of hydrogen-bond donors (Lipinski definition) is 1. The fourth-order valence-corrected chi connectivity index (χ4v) is 5.44. The van der Waals surface area contributed by atoms with Crippen molar-refractivity contribution in [2.45, 2.75) is 38.1 Å². The van der Waals surface area contributed by atoms with E-state index in [2.05, 4.69) is 20.7 Å². The van der Waals surface area contributed by atoms with Crippen molar-refractivity contribution in [2.75, 3.05) is 27.4 Å². The van der Waals surface area contributed by atoms with Crippen molar-refractivity contribution < 1.29 is 28.2 Å². The molecule has 220 valence electrons. The quantitative estimate of drug-likeness (QED) is 0.264. The van der Waals surface area contributed by atoms with Gasteiger partial charge in [-0.3, -0.25) is 9.59 Å². The van der Waals surface area contributed by atoms with Gasteiger partial charge in [0.05, 0.1) is 26.9 Å². The number of benzene rings is 2. The zero-order valence-corrected chi connectivity index (χ0v) is 24.1. The van der Waals surface area contributed by atoms with Crippen LogP contribution in [0.15, 0.2) is 60.0 Å². The van der Waals surface area contributed by atoms with E-state index in [0.29, 0.717) is 35.8 Å². The second-order valence-corrected chi connectivity index (χ2v) is 10.7. The van der Waals surface area contributed by atoms with Crippen LogP contribution in [0.5, 0.6) is 11.5 Å². The van der Waals surface area contributed by atoms with Gasteiger partial charge in [-0.2, -0.15) is 4.80 Å². The Labute approximate surface area is 246 Å². The van der Waals surface area contributed by atoms with Gasteiger partial charge in [-0.1, -0.05) is 18.2 Å². The number of carbonyl (C=O) groups is 2. The first-order valence-electron chi connectivity index (χ1n) is 13.4. The molecule has 1 saturated heterocycles. The number of aromatic nitrogens is 4. The molecule has 2 amide bonds. The van der Waals surface area contributed by atoms with Gasteiger partial charge in [0.25, 0.3) is 0 Å². The van der Waals surface area contributed by atoms with Crippen molar-refractivity contribution in [3.8, 4) is 22.9 Å². The first kappa shape index (κ1) is 29.1. The molecule has 0 aliphatic carbocycles. The minimum absolute atomic E-state index is 0.0846. The molecule has 0 unspecified atom stereocenters. The van der Waals surface area contributed by atoms with Gasteiger partial charge in [-0.15, -0.1) is 21.5 Å². The van der Waals surface area contributed by atoms with Crippen molar-refractivity contribution >= 4 is 23.2 Å². The van der Waals surface area contributed by atoms with Crippen LogP contribution in [0.3, 0.4) is 0 Å². The van der Waals surface area contributed by atoms with E-state index in [1.165, 1.54) is 52.4 Å². The molecule has 2 aromatic heterocycles. The number of thiophene rings is 1. The molecular weight excluding hydrogens is 563 g/mol. The number of rotatable bonds is 12. The number of amides is 2. The zero-order chi connectivity index (χ0) is 29.5. The number of ether oxygens (including phenoxy) is 3. The Bertz CT molecular complexity index is 1490. The summed E-state index contributed by atoms with van der Waals surface area (Å²) in [6.07, 6.45) is 1.69. The number of carbonyl (C=O) groups excluding carboxylic acids is 2. The summed E-state index contributed by atoms with van der Waals surface area (Å²) in [5.41, 5.74) is 1.10. The molecule has 11 nitrogen and oxygen atoms in total. The fourth-order valence-electron chi connectivity index (χ4n) is 4.74. The lowest BCUT2D eigenvalue weighted by Crippen LogP contribution is -2.46. The van der Waals surface area contributed by atoms with E-state index in [4.69, 9.17) is 14.2 Å². The van der Waals surface area contributed by atoms with Gasteiger partial charge in [0.2, 0.25) is 17.6 Å². The highest BCUT2D eigenvalue weighted by molar-refractivity contribution is 7.09. The standard InChI is InChI=1S/C29H31FN6O5S/c1-39-24-12-9-20(15-25(24)40-2)28-32-34-36(33-28)18-26(37)35(17-23-6-4-14-42-23)27(19-7-10-21(30)11-8-19)29(38)31-16-22-5-3-13-41-22/h4,6-12,14-15,22,27H,3,5,13,16-18H2,1-2H3,(H,31,38)/t22-,27-/m0/s1. The lowest BCUT2D eigenvalue weighted by molar-refractivity contribution is -0.142. The van der Waals surface area contributed by atoms with E-state index in [-0.39, 0.29) is 30.9 Å². The first-order chi connectivity index (χ1) is 20.4. The molecule has 1 aliphatic heterocycles. The number of tetrazole rings is 1. The number of methoxy groups -OCH3 is 2. The Morgan fingerprint density at radius 1 is 1.17 bits per heavy atom. The summed E-state index contributed by atoms with van der Waals surface area (Å²) in [5, 5.41) is 17.4. The molecule has 2 aromatic carbocycles. The highest BCUT2D eigenvalue weighted by Crippen LogP contribution is 2.31. The molecule has 2 atom stereocenters. The maximum atomic E-state index is 13.9. The van der Waals surface area contributed by atoms with Gasteiger partial charge in [-0.25, -0.2) is 4.39 Å². The molecule has 1 N–H and O–H groups in total. The Morgan fingerprint density at radius 2 is 1.98 bits per heavy atom. The smallest absolute Gasteiger partial charge is 0.247 e. The molecule has 4 aromatic rings. The van der Waals surface area contributed by atoms with Crippen LogP contribution in [-0.4, -0.2) is 70.4 Å². The molecule has 0 saturated carbocycles. The minimum Gasteiger partial charge on any atom is -0.493 e. The van der Waals surface area contributed by atoms with E-state index in [9.17, 15) is 14.0 Å². The SMILES string of the molecule is COc1ccc(-c2nnn(CC(=O)N(Cc3cccs3)[C@H](C(=O)NC[C@@H]3CCCO3)c3ccc(F)cc3)n2)cc1OC. The van der Waals surface area contributed by atoms with Crippen LogP contribution in [0.2, 0.25) is 0 Å². The highest BCUT2D eigenvalue weighted by atomic mass is 32.1. The van der Waals surface area contributed by atoms with Crippen LogP contribution in [-0.2, 0) is 27.4 Å². The summed E-state index contributed by atoms with van der Waals surface area (Å²) >= 11 is 1.47. The maximum Gasteiger partial charge on any atom is 0.247 e. The summed E-state index contributed by atoms with van der Waals surface area (Å²) in [5.74, 6) is 0.0973. The number of nitrogens with one attached hydrogen (secondary N) is 1. The predicted molar refractivity (Wildman–Crippen MR) is 152 cm³/mol. The van der Waals surface area contributed by atoms with Gasteiger partial charge in [0.15, 0.2) is 11.5 Å². The van der Waals surface area contributed by atoms with Gasteiger partial charge >= 0.3 is 0 Å². The number of halogens is 1. The van der Waals surface area contributed by atoms with Gasteiger partial charge in [-0.05, 0) is 65.4 Å². The van der Waals surface area contributed by atoms with Gasteiger partial charge < -0.3 is 24.4 Å². The zero-order valence-electron chi connectivity index (χ0n) is 23.2. The van der Waals surface area contributed by atoms with Crippen molar-refractivity contribution in [2.24, 2.45) is 0 Å². The predicted octanol–water partition coefficient (Wildman–Crippen LogP) is 3.62. The van der Waals surface area contributed by atoms with E-state index in [1.807, 2.05) is 17.5 Å². The summed E-state index contributed by atoms with van der Waals surface area (Å²) in [6.45, 7) is 0.851. The Kier molecular flexibility index (Phi) is 9.39. The van der Waals surface area contributed by atoms with Crippen LogP contribution >= 0.6 is 11.3 Å².